The third kappa shape index (κ3) is 59.7. The molecule has 0 aliphatic rings. The number of aliphatic hydroxyl groups is 2. The van der Waals surface area contributed by atoms with Crippen molar-refractivity contribution in [1.82, 2.24) is 5.32 Å². The summed E-state index contributed by atoms with van der Waals surface area (Å²) in [6.45, 7) is 4.93. The van der Waals surface area contributed by atoms with Crippen LogP contribution in [0.4, 0.5) is 0 Å². The average molecular weight is 1030 g/mol. The molecule has 2 atom stereocenters. The van der Waals surface area contributed by atoms with Crippen LogP contribution in [0.1, 0.15) is 380 Å². The molecule has 3 N–H and O–H groups in total. The summed E-state index contributed by atoms with van der Waals surface area (Å²) < 4.78 is 5.50. The zero-order valence-electron chi connectivity index (χ0n) is 49.6. The highest BCUT2D eigenvalue weighted by atomic mass is 16.5. The number of rotatable bonds is 63. The van der Waals surface area contributed by atoms with Crippen LogP contribution in [0.3, 0.4) is 0 Å². The molecule has 0 rings (SSSR count). The van der Waals surface area contributed by atoms with Crippen molar-refractivity contribution in [1.29, 1.82) is 0 Å². The Morgan fingerprint density at radius 2 is 0.630 bits per heavy atom. The van der Waals surface area contributed by atoms with E-state index in [4.69, 9.17) is 4.74 Å². The van der Waals surface area contributed by atoms with Crippen molar-refractivity contribution in [2.75, 3.05) is 13.2 Å². The maximum Gasteiger partial charge on any atom is 0.305 e. The molecule has 0 saturated heterocycles. The largest absolute Gasteiger partial charge is 0.466 e. The van der Waals surface area contributed by atoms with Gasteiger partial charge in [0.25, 0.3) is 0 Å². The third-order valence-corrected chi connectivity index (χ3v) is 15.8. The lowest BCUT2D eigenvalue weighted by atomic mass is 10.0. The number of carbonyl (C=O) groups excluding carboxylic acids is 2. The van der Waals surface area contributed by atoms with Crippen molar-refractivity contribution < 1.29 is 24.5 Å². The minimum atomic E-state index is -0.850. The van der Waals surface area contributed by atoms with Gasteiger partial charge in [-0.05, 0) is 32.1 Å². The van der Waals surface area contributed by atoms with Gasteiger partial charge in [0.15, 0.2) is 0 Å². The number of allylic oxidation sites excluding steroid dienone is 1. The van der Waals surface area contributed by atoms with Crippen LogP contribution in [-0.4, -0.2) is 47.4 Å². The molecule has 2 unspecified atom stereocenters. The molecule has 0 saturated carbocycles. The summed E-state index contributed by atoms with van der Waals surface area (Å²) in [4.78, 5) is 24.6. The van der Waals surface area contributed by atoms with Crippen molar-refractivity contribution in [3.63, 3.8) is 0 Å². The SMILES string of the molecule is CCCCCCCCCCCCCCCCCCCCCCC/C=C/C(O)C(CO)NC(=O)CCCCCCCCCCCCCCCCCCOC(=O)CCCCCCCCCCCCCCCCCCC. The smallest absolute Gasteiger partial charge is 0.305 e. The molecule has 6 nitrogen and oxygen atoms in total. The number of aliphatic hydroxyl groups excluding tert-OH is 2. The maximum atomic E-state index is 12.5. The first kappa shape index (κ1) is 71.6. The van der Waals surface area contributed by atoms with Gasteiger partial charge in [0.05, 0.1) is 25.4 Å². The molecule has 6 heteroatoms. The van der Waals surface area contributed by atoms with E-state index in [1.165, 1.54) is 308 Å². The van der Waals surface area contributed by atoms with E-state index in [-0.39, 0.29) is 18.5 Å². The van der Waals surface area contributed by atoms with Crippen LogP contribution >= 0.6 is 0 Å². The third-order valence-electron chi connectivity index (χ3n) is 15.8. The first-order chi connectivity index (χ1) is 36.0. The quantitative estimate of drug-likeness (QED) is 0.0320. The molecular weight excluding hydrogens is 899 g/mol. The van der Waals surface area contributed by atoms with Gasteiger partial charge in [-0.3, -0.25) is 9.59 Å². The number of nitrogens with one attached hydrogen (secondary N) is 1. The van der Waals surface area contributed by atoms with Gasteiger partial charge in [0.1, 0.15) is 0 Å². The monoisotopic (exact) mass is 1030 g/mol. The number of esters is 1. The minimum absolute atomic E-state index is 0.00738. The predicted molar refractivity (Wildman–Crippen MR) is 320 cm³/mol. The van der Waals surface area contributed by atoms with Gasteiger partial charge in [0, 0.05) is 12.8 Å². The van der Waals surface area contributed by atoms with Crippen LogP contribution in [0, 0.1) is 0 Å². The van der Waals surface area contributed by atoms with E-state index in [2.05, 4.69) is 19.2 Å². The van der Waals surface area contributed by atoms with Gasteiger partial charge in [-0.25, -0.2) is 0 Å². The number of hydrogen-bond acceptors (Lipinski definition) is 5. The lowest BCUT2D eigenvalue weighted by Gasteiger charge is -2.20. The first-order valence-electron chi connectivity index (χ1n) is 33.5. The van der Waals surface area contributed by atoms with Gasteiger partial charge >= 0.3 is 5.97 Å². The molecule has 0 aromatic heterocycles. The van der Waals surface area contributed by atoms with Gasteiger partial charge in [-0.1, -0.05) is 347 Å². The van der Waals surface area contributed by atoms with Gasteiger partial charge in [-0.15, -0.1) is 0 Å². The summed E-state index contributed by atoms with van der Waals surface area (Å²) in [6, 6.07) is -0.633. The molecule has 1 amide bonds. The van der Waals surface area contributed by atoms with Crippen LogP contribution in [-0.2, 0) is 14.3 Å². The lowest BCUT2D eigenvalue weighted by Crippen LogP contribution is -2.45. The Bertz CT molecular complexity index is 1100. The van der Waals surface area contributed by atoms with E-state index < -0.39 is 12.1 Å². The number of unbranched alkanes of at least 4 members (excludes halogenated alkanes) is 52. The van der Waals surface area contributed by atoms with Gasteiger partial charge < -0.3 is 20.3 Å². The molecule has 0 aliphatic heterocycles. The summed E-state index contributed by atoms with van der Waals surface area (Å²) in [5, 5.41) is 23.2. The standard InChI is InChI=1S/C67H131NO5/c1-3-5-7-9-11-13-15-17-19-21-22-23-24-25-26-28-31-35-39-43-47-51-55-59-65(70)64(63-69)68-66(71)60-56-52-48-44-40-36-32-29-30-34-38-42-46-50-54-58-62-73-67(72)61-57-53-49-45-41-37-33-27-20-18-16-14-12-10-8-6-4-2/h55,59,64-65,69-70H,3-54,56-58,60-63H2,1-2H3,(H,68,71)/b59-55+. The molecule has 434 valence electrons. The Morgan fingerprint density at radius 3 is 0.932 bits per heavy atom. The van der Waals surface area contributed by atoms with Crippen LogP contribution in [0.25, 0.3) is 0 Å². The Kier molecular flexibility index (Phi) is 61.9. The van der Waals surface area contributed by atoms with Crippen molar-refractivity contribution in [3.8, 4) is 0 Å². The lowest BCUT2D eigenvalue weighted by molar-refractivity contribution is -0.143. The van der Waals surface area contributed by atoms with Crippen molar-refractivity contribution in [2.45, 2.75) is 392 Å². The summed E-state index contributed by atoms with van der Waals surface area (Å²) in [5.41, 5.74) is 0. The Balaban J connectivity index is 3.43. The molecule has 73 heavy (non-hydrogen) atoms. The summed E-state index contributed by atoms with van der Waals surface area (Å²) in [7, 11) is 0. The predicted octanol–water partition coefficient (Wildman–Crippen LogP) is 21.2. The fraction of sp³-hybridized carbons (Fsp3) is 0.940. The number of hydrogen-bond donors (Lipinski definition) is 3. The highest BCUT2D eigenvalue weighted by molar-refractivity contribution is 5.76. The van der Waals surface area contributed by atoms with Gasteiger partial charge in [-0.2, -0.15) is 0 Å². The maximum absolute atomic E-state index is 12.5. The molecular formula is C67H131NO5. The molecule has 0 aliphatic carbocycles. The van der Waals surface area contributed by atoms with Gasteiger partial charge in [0.2, 0.25) is 5.91 Å². The fourth-order valence-electron chi connectivity index (χ4n) is 10.7. The highest BCUT2D eigenvalue weighted by Gasteiger charge is 2.18. The fourth-order valence-corrected chi connectivity index (χ4v) is 10.7. The Morgan fingerprint density at radius 1 is 0.370 bits per heavy atom. The number of amides is 1. The van der Waals surface area contributed by atoms with Crippen LogP contribution in [0.15, 0.2) is 12.2 Å². The van der Waals surface area contributed by atoms with E-state index in [9.17, 15) is 19.8 Å². The summed E-state index contributed by atoms with van der Waals surface area (Å²) in [6.07, 6.45) is 76.9. The second-order valence-electron chi connectivity index (χ2n) is 23.2. The van der Waals surface area contributed by atoms with Crippen molar-refractivity contribution in [2.24, 2.45) is 0 Å². The molecule has 0 fully saturated rings. The minimum Gasteiger partial charge on any atom is -0.466 e. The first-order valence-corrected chi connectivity index (χ1v) is 33.5. The zero-order chi connectivity index (χ0) is 52.9. The van der Waals surface area contributed by atoms with E-state index in [0.717, 1.165) is 44.9 Å². The second kappa shape index (κ2) is 63.1. The molecule has 0 heterocycles. The molecule has 0 bridgehead atoms. The summed E-state index contributed by atoms with van der Waals surface area (Å²) >= 11 is 0. The van der Waals surface area contributed by atoms with Crippen LogP contribution < -0.4 is 5.32 Å². The van der Waals surface area contributed by atoms with E-state index in [1.807, 2.05) is 6.08 Å². The normalized spacial score (nSPS) is 12.5. The van der Waals surface area contributed by atoms with E-state index >= 15 is 0 Å². The summed E-state index contributed by atoms with van der Waals surface area (Å²) in [5.74, 6) is -0.0626. The molecule has 0 radical (unpaired) electrons. The van der Waals surface area contributed by atoms with E-state index in [0.29, 0.717) is 19.4 Å². The highest BCUT2D eigenvalue weighted by Crippen LogP contribution is 2.19. The Labute approximate surface area is 457 Å². The molecule has 0 aromatic rings. The van der Waals surface area contributed by atoms with Crippen LogP contribution in [0.5, 0.6) is 0 Å². The topological polar surface area (TPSA) is 95.9 Å². The van der Waals surface area contributed by atoms with Crippen molar-refractivity contribution >= 4 is 11.9 Å². The van der Waals surface area contributed by atoms with Crippen LogP contribution in [0.2, 0.25) is 0 Å². The average Bonchev–Trinajstić information content (AvgIpc) is 3.39. The van der Waals surface area contributed by atoms with Crippen molar-refractivity contribution in [3.05, 3.63) is 12.2 Å². The Hall–Kier alpha value is -1.40. The molecule has 0 spiro atoms. The number of ether oxygens (including phenoxy) is 1. The van der Waals surface area contributed by atoms with E-state index in [1.54, 1.807) is 6.08 Å². The zero-order valence-corrected chi connectivity index (χ0v) is 49.6. The number of carbonyl (C=O) groups is 2. The molecule has 0 aromatic carbocycles. The second-order valence-corrected chi connectivity index (χ2v) is 23.2.